The molecule has 0 atom stereocenters. The molecule has 13 nitrogen and oxygen atoms in total. The van der Waals surface area contributed by atoms with E-state index in [1.54, 1.807) is 37.8 Å². The molecule has 8 aromatic rings. The summed E-state index contributed by atoms with van der Waals surface area (Å²) in [5.41, 5.74) is 9.50. The van der Waals surface area contributed by atoms with Crippen LogP contribution in [0.3, 0.4) is 0 Å². The maximum Gasteiger partial charge on any atom is 0.416 e. The van der Waals surface area contributed by atoms with Crippen LogP contribution in [-0.2, 0) is 54.3 Å². The lowest BCUT2D eigenvalue weighted by molar-refractivity contribution is -0.138. The van der Waals surface area contributed by atoms with Crippen molar-refractivity contribution in [1.29, 1.82) is 0 Å². The highest BCUT2D eigenvalue weighted by Crippen LogP contribution is 2.41. The molecular weight excluding hydrogens is 1220 g/mol. The number of hydrogen-bond donors (Lipinski definition) is 2. The van der Waals surface area contributed by atoms with Crippen molar-refractivity contribution in [1.82, 2.24) is 19.9 Å². The molecule has 0 aliphatic rings. The number of ether oxygens (including phenoxy) is 3. The Kier molecular flexibility index (Phi) is 23.7. The molecule has 93 heavy (non-hydrogen) atoms. The number of aromatic nitrogens is 4. The van der Waals surface area contributed by atoms with Gasteiger partial charge in [-0.15, -0.1) is 0 Å². The van der Waals surface area contributed by atoms with Gasteiger partial charge >= 0.3 is 30.5 Å². The maximum absolute atomic E-state index is 13.8. The molecule has 0 aliphatic heterocycles. The van der Waals surface area contributed by atoms with E-state index in [9.17, 15) is 49.1 Å². The summed E-state index contributed by atoms with van der Waals surface area (Å²) in [5, 5.41) is 17.7. The average Bonchev–Trinajstić information content (AvgIpc) is 0.917. The van der Waals surface area contributed by atoms with Gasteiger partial charge in [-0.2, -0.15) is 39.5 Å². The van der Waals surface area contributed by atoms with Crippen molar-refractivity contribution in [2.24, 2.45) is 0 Å². The summed E-state index contributed by atoms with van der Waals surface area (Å²) in [6, 6.07) is 25.5. The standard InChI is InChI=1S/C37H42F3N3O4.C34H33F6N3O3/c1-7-46-34-11-10-28(23(2)3)18-33(34)32-16-26(6)25(5)15-29(32)22-43(21-27-13-24(4)14-30(17-27)37(38,39)40)36-41-19-31(20-42-36)47-12-8-9-35(44)45;1-20-10-24(14-27(11-20)34(38,39)40)18-43(32-41-16-28(17-42-32)46-9-5-6-31(44)45)19-25-12-22(3)23(4)13-30(25)29-15-26(33(35,36)37)8-7-21(29)2/h10-11,13-20,23H,7-9,12,21-22H2,1-6H3,(H,44,45);7-8,10-17H,5-6,9,18-19H2,1-4H3,(H,44,45). The zero-order valence-electron chi connectivity index (χ0n) is 53.4. The van der Waals surface area contributed by atoms with Crippen LogP contribution >= 0.6 is 0 Å². The summed E-state index contributed by atoms with van der Waals surface area (Å²) in [6.45, 7) is 20.2. The van der Waals surface area contributed by atoms with Crippen molar-refractivity contribution >= 4 is 23.8 Å². The molecule has 2 aromatic heterocycles. The molecule has 0 saturated heterocycles. The minimum Gasteiger partial charge on any atom is -0.493 e. The van der Waals surface area contributed by atoms with Gasteiger partial charge in [-0.3, -0.25) is 9.59 Å². The molecule has 2 heterocycles. The third-order valence-electron chi connectivity index (χ3n) is 15.4. The van der Waals surface area contributed by atoms with E-state index in [-0.39, 0.29) is 63.8 Å². The number of nitrogens with zero attached hydrogens (tertiary/aromatic N) is 6. The zero-order valence-corrected chi connectivity index (χ0v) is 53.4. The molecule has 0 spiro atoms. The molecule has 0 bridgehead atoms. The first-order valence-electron chi connectivity index (χ1n) is 30.1. The Balaban J connectivity index is 0.000000264. The van der Waals surface area contributed by atoms with E-state index >= 15 is 0 Å². The highest BCUT2D eigenvalue weighted by Gasteiger charge is 2.34. The second kappa shape index (κ2) is 30.9. The Morgan fingerprint density at radius 2 is 0.882 bits per heavy atom. The van der Waals surface area contributed by atoms with Crippen molar-refractivity contribution in [3.05, 3.63) is 205 Å². The highest BCUT2D eigenvalue weighted by atomic mass is 19.4. The van der Waals surface area contributed by atoms with Gasteiger partial charge in [0, 0.05) is 44.6 Å². The van der Waals surface area contributed by atoms with Crippen LogP contribution in [-0.4, -0.2) is 61.9 Å². The quantitative estimate of drug-likeness (QED) is 0.0411. The lowest BCUT2D eigenvalue weighted by Gasteiger charge is -2.26. The molecule has 0 radical (unpaired) electrons. The summed E-state index contributed by atoms with van der Waals surface area (Å²) < 4.78 is 141. The number of halogens is 9. The van der Waals surface area contributed by atoms with Gasteiger partial charge in [0.1, 0.15) is 5.75 Å². The third kappa shape index (κ3) is 20.1. The minimum absolute atomic E-state index is 0.0213. The lowest BCUT2D eigenvalue weighted by atomic mass is 9.90. The van der Waals surface area contributed by atoms with E-state index in [1.165, 1.54) is 36.9 Å². The van der Waals surface area contributed by atoms with Gasteiger partial charge < -0.3 is 34.2 Å². The SMILES string of the molecule is CCOc1ccc(C(C)C)cc1-c1cc(C)c(C)cc1CN(Cc1cc(C)cc(C(F)(F)F)c1)c1ncc(OCCCC(=O)O)cn1.Cc1cc(CN(Cc2cc(C)c(C)cc2-c2cc(C(F)(F)F)ccc2C)c2ncc(OCCCC(=O)O)cn2)cc(C(F)(F)F)c1. The van der Waals surface area contributed by atoms with Crippen LogP contribution in [0.15, 0.2) is 122 Å². The number of carbonyl (C=O) groups is 2. The molecule has 8 rings (SSSR count). The first kappa shape index (κ1) is 71.2. The summed E-state index contributed by atoms with van der Waals surface area (Å²) in [5.74, 6) is 0.280. The van der Waals surface area contributed by atoms with Crippen molar-refractivity contribution in [2.75, 3.05) is 29.6 Å². The monoisotopic (exact) mass is 1290 g/mol. The van der Waals surface area contributed by atoms with Gasteiger partial charge in [-0.05, 0) is 195 Å². The number of aryl methyl sites for hydroxylation is 7. The van der Waals surface area contributed by atoms with Crippen LogP contribution in [0.1, 0.15) is 136 Å². The zero-order chi connectivity index (χ0) is 68.1. The topological polar surface area (TPSA) is 160 Å². The summed E-state index contributed by atoms with van der Waals surface area (Å²) >= 11 is 0. The Labute approximate surface area is 535 Å². The molecule has 494 valence electrons. The molecule has 0 aliphatic carbocycles. The second-order valence-corrected chi connectivity index (χ2v) is 23.3. The van der Waals surface area contributed by atoms with E-state index in [1.807, 2.05) is 50.8 Å². The normalized spacial score (nSPS) is 11.7. The first-order chi connectivity index (χ1) is 43.7. The van der Waals surface area contributed by atoms with Crippen LogP contribution in [0, 0.1) is 48.5 Å². The number of carboxylic acids is 2. The number of alkyl halides is 9. The fourth-order valence-electron chi connectivity index (χ4n) is 10.4. The van der Waals surface area contributed by atoms with E-state index in [2.05, 4.69) is 65.0 Å². The fraction of sp³-hybridized carbons (Fsp3) is 0.352. The fourth-order valence-corrected chi connectivity index (χ4v) is 10.4. The minimum atomic E-state index is -4.57. The van der Waals surface area contributed by atoms with E-state index in [4.69, 9.17) is 24.4 Å². The van der Waals surface area contributed by atoms with Gasteiger partial charge in [0.05, 0.1) is 61.3 Å². The Morgan fingerprint density at radius 1 is 0.462 bits per heavy atom. The lowest BCUT2D eigenvalue weighted by Crippen LogP contribution is -2.25. The van der Waals surface area contributed by atoms with Crippen LogP contribution < -0.4 is 24.0 Å². The predicted molar refractivity (Wildman–Crippen MR) is 339 cm³/mol. The maximum atomic E-state index is 13.8. The molecule has 22 heteroatoms. The highest BCUT2D eigenvalue weighted by molar-refractivity contribution is 5.76. The average molecular weight is 1300 g/mol. The molecule has 0 unspecified atom stereocenters. The number of hydrogen-bond acceptors (Lipinski definition) is 11. The van der Waals surface area contributed by atoms with Gasteiger partial charge in [0.15, 0.2) is 11.5 Å². The van der Waals surface area contributed by atoms with Crippen LogP contribution in [0.4, 0.5) is 51.4 Å². The van der Waals surface area contributed by atoms with E-state index in [0.29, 0.717) is 81.7 Å². The number of benzene rings is 6. The van der Waals surface area contributed by atoms with Crippen molar-refractivity contribution in [3.8, 4) is 39.5 Å². The number of aliphatic carboxylic acids is 2. The number of anilines is 2. The van der Waals surface area contributed by atoms with E-state index < -0.39 is 47.2 Å². The Morgan fingerprint density at radius 3 is 1.28 bits per heavy atom. The molecule has 6 aromatic carbocycles. The molecule has 0 saturated carbocycles. The number of rotatable bonds is 25. The van der Waals surface area contributed by atoms with Crippen molar-refractivity contribution in [2.45, 2.75) is 146 Å². The Hall–Kier alpha value is -9.21. The van der Waals surface area contributed by atoms with Crippen LogP contribution in [0.2, 0.25) is 0 Å². The van der Waals surface area contributed by atoms with Crippen LogP contribution in [0.25, 0.3) is 22.3 Å². The van der Waals surface area contributed by atoms with Gasteiger partial charge in [0.25, 0.3) is 0 Å². The Bertz CT molecular complexity index is 3890. The van der Waals surface area contributed by atoms with Crippen molar-refractivity contribution < 1.29 is 73.5 Å². The third-order valence-corrected chi connectivity index (χ3v) is 15.4. The van der Waals surface area contributed by atoms with Crippen molar-refractivity contribution in [3.63, 3.8) is 0 Å². The summed E-state index contributed by atoms with van der Waals surface area (Å²) in [7, 11) is 0. The van der Waals surface area contributed by atoms with E-state index in [0.717, 1.165) is 80.6 Å². The largest absolute Gasteiger partial charge is 0.493 e. The molecule has 2 N–H and O–H groups in total. The summed E-state index contributed by atoms with van der Waals surface area (Å²) in [6.07, 6.45) is -7.36. The van der Waals surface area contributed by atoms with Gasteiger partial charge in [-0.1, -0.05) is 73.5 Å². The van der Waals surface area contributed by atoms with Gasteiger partial charge in [-0.25, -0.2) is 19.9 Å². The predicted octanol–water partition coefficient (Wildman–Crippen LogP) is 17.9. The molecule has 0 amide bonds. The second-order valence-electron chi connectivity index (χ2n) is 23.3. The smallest absolute Gasteiger partial charge is 0.416 e. The van der Waals surface area contributed by atoms with Crippen LogP contribution in [0.5, 0.6) is 17.2 Å². The molecule has 0 fully saturated rings. The number of carboxylic acid groups (broad SMARTS) is 2. The first-order valence-corrected chi connectivity index (χ1v) is 30.1. The summed E-state index contributed by atoms with van der Waals surface area (Å²) in [4.78, 5) is 42.9. The molecular formula is C71H75F9N6O7. The van der Waals surface area contributed by atoms with Gasteiger partial charge in [0.2, 0.25) is 11.9 Å².